The second kappa shape index (κ2) is 10.3. The third-order valence-electron chi connectivity index (χ3n) is 8.87. The van der Waals surface area contributed by atoms with E-state index in [1.54, 1.807) is 0 Å². The largest absolute Gasteiger partial charge is 0.436 e. The molecule has 9 aromatic rings. The van der Waals surface area contributed by atoms with E-state index in [1.165, 1.54) is 54.6 Å². The Bertz CT molecular complexity index is 2490. The fourth-order valence-corrected chi connectivity index (χ4v) is 6.67. The van der Waals surface area contributed by atoms with Crippen molar-refractivity contribution < 1.29 is 4.42 Å². The van der Waals surface area contributed by atoms with E-state index in [0.717, 1.165) is 27.8 Å². The summed E-state index contributed by atoms with van der Waals surface area (Å²) in [7, 11) is 0. The zero-order valence-electron chi connectivity index (χ0n) is 24.4. The van der Waals surface area contributed by atoms with Gasteiger partial charge >= 0.3 is 0 Å². The van der Waals surface area contributed by atoms with Crippen LogP contribution in [0.4, 0.5) is 0 Å². The molecule has 2 nitrogen and oxygen atoms in total. The number of aromatic nitrogens is 1. The molecule has 45 heavy (non-hydrogen) atoms. The van der Waals surface area contributed by atoms with Gasteiger partial charge in [-0.05, 0) is 108 Å². The maximum atomic E-state index is 6.05. The second-order valence-electron chi connectivity index (χ2n) is 11.6. The quantitative estimate of drug-likeness (QED) is 0.196. The van der Waals surface area contributed by atoms with Crippen molar-refractivity contribution >= 4 is 43.4 Å². The topological polar surface area (TPSA) is 26.0 Å². The van der Waals surface area contributed by atoms with Crippen LogP contribution in [0.3, 0.4) is 0 Å². The summed E-state index contributed by atoms with van der Waals surface area (Å²) in [5.41, 5.74) is 9.70. The molecular weight excluding hydrogens is 546 g/mol. The van der Waals surface area contributed by atoms with Crippen molar-refractivity contribution in [1.82, 2.24) is 4.98 Å². The molecule has 0 radical (unpaired) electrons. The summed E-state index contributed by atoms with van der Waals surface area (Å²) in [5.74, 6) is 0.637. The number of rotatable bonds is 4. The van der Waals surface area contributed by atoms with Gasteiger partial charge in [0.25, 0.3) is 0 Å². The van der Waals surface area contributed by atoms with Crippen LogP contribution in [0.5, 0.6) is 0 Å². The fraction of sp³-hybridized carbons (Fsp3) is 0. The Hall–Kier alpha value is -5.99. The Balaban J connectivity index is 1.10. The molecule has 0 spiro atoms. The van der Waals surface area contributed by atoms with E-state index < -0.39 is 0 Å². The minimum atomic E-state index is 0.637. The zero-order chi connectivity index (χ0) is 29.7. The van der Waals surface area contributed by atoms with E-state index >= 15 is 0 Å². The molecule has 0 saturated heterocycles. The number of hydrogen-bond donors (Lipinski definition) is 0. The van der Waals surface area contributed by atoms with Gasteiger partial charge in [-0.1, -0.05) is 121 Å². The van der Waals surface area contributed by atoms with Crippen LogP contribution in [0.1, 0.15) is 0 Å². The predicted octanol–water partition coefficient (Wildman–Crippen LogP) is 12.0. The molecule has 0 aliphatic carbocycles. The molecule has 0 aliphatic heterocycles. The lowest BCUT2D eigenvalue weighted by Gasteiger charge is -2.13. The first-order valence-corrected chi connectivity index (χ1v) is 15.3. The van der Waals surface area contributed by atoms with E-state index in [9.17, 15) is 0 Å². The first-order valence-electron chi connectivity index (χ1n) is 15.3. The summed E-state index contributed by atoms with van der Waals surface area (Å²) in [4.78, 5) is 4.71. The third kappa shape index (κ3) is 4.39. The van der Waals surface area contributed by atoms with Crippen LogP contribution in [0.2, 0.25) is 0 Å². The molecule has 210 valence electrons. The van der Waals surface area contributed by atoms with Crippen molar-refractivity contribution in [3.63, 3.8) is 0 Å². The third-order valence-corrected chi connectivity index (χ3v) is 8.87. The Morgan fingerprint density at radius 2 is 0.733 bits per heavy atom. The van der Waals surface area contributed by atoms with Gasteiger partial charge in [-0.3, -0.25) is 0 Å². The van der Waals surface area contributed by atoms with Crippen molar-refractivity contribution in [2.24, 2.45) is 0 Å². The maximum absolute atomic E-state index is 6.05. The summed E-state index contributed by atoms with van der Waals surface area (Å²) in [6.45, 7) is 0. The molecule has 9 rings (SSSR count). The van der Waals surface area contributed by atoms with Gasteiger partial charge in [0.15, 0.2) is 5.58 Å². The predicted molar refractivity (Wildman–Crippen MR) is 188 cm³/mol. The van der Waals surface area contributed by atoms with Gasteiger partial charge in [0, 0.05) is 5.56 Å². The van der Waals surface area contributed by atoms with E-state index in [-0.39, 0.29) is 0 Å². The van der Waals surface area contributed by atoms with Gasteiger partial charge in [-0.25, -0.2) is 4.98 Å². The molecule has 2 heteroatoms. The lowest BCUT2D eigenvalue weighted by molar-refractivity contribution is 0.620. The van der Waals surface area contributed by atoms with Crippen LogP contribution >= 0.6 is 0 Å². The van der Waals surface area contributed by atoms with Crippen molar-refractivity contribution in [2.75, 3.05) is 0 Å². The van der Waals surface area contributed by atoms with Crippen LogP contribution in [-0.4, -0.2) is 4.98 Å². The molecule has 0 bridgehead atoms. The molecule has 1 aromatic heterocycles. The minimum absolute atomic E-state index is 0.637. The number of benzene rings is 8. The van der Waals surface area contributed by atoms with Crippen molar-refractivity contribution in [2.45, 2.75) is 0 Å². The molecular formula is C43H27NO. The van der Waals surface area contributed by atoms with E-state index in [2.05, 4.69) is 140 Å². The zero-order valence-corrected chi connectivity index (χ0v) is 24.4. The normalized spacial score (nSPS) is 11.6. The van der Waals surface area contributed by atoms with Crippen LogP contribution < -0.4 is 0 Å². The van der Waals surface area contributed by atoms with Crippen LogP contribution in [0.25, 0.3) is 88.3 Å². The number of hydrogen-bond acceptors (Lipinski definition) is 2. The van der Waals surface area contributed by atoms with Crippen LogP contribution in [0, 0.1) is 0 Å². The average Bonchev–Trinajstić information content (AvgIpc) is 3.57. The Kier molecular flexibility index (Phi) is 5.85. The SMILES string of the molecule is c1cc(-c2cccc(-c3ccc4c5ccccc5c5ccccc5c4c3)c2)cc(-c2cccc(-c3nc4ccccc4o3)c2)c1. The number of fused-ring (bicyclic) bond motifs is 7. The van der Waals surface area contributed by atoms with Gasteiger partial charge in [-0.2, -0.15) is 0 Å². The molecule has 0 N–H and O–H groups in total. The minimum Gasteiger partial charge on any atom is -0.436 e. The highest BCUT2D eigenvalue weighted by molar-refractivity contribution is 6.25. The summed E-state index contributed by atoms with van der Waals surface area (Å²) in [6.07, 6.45) is 0. The van der Waals surface area contributed by atoms with Gasteiger partial charge in [0.2, 0.25) is 5.89 Å². The number of oxazole rings is 1. The summed E-state index contributed by atoms with van der Waals surface area (Å²) >= 11 is 0. The molecule has 1 heterocycles. The summed E-state index contributed by atoms with van der Waals surface area (Å²) in [5, 5.41) is 7.75. The summed E-state index contributed by atoms with van der Waals surface area (Å²) < 4.78 is 6.05. The average molecular weight is 574 g/mol. The van der Waals surface area contributed by atoms with Crippen molar-refractivity contribution in [1.29, 1.82) is 0 Å². The lowest BCUT2D eigenvalue weighted by Crippen LogP contribution is -1.86. The number of para-hydroxylation sites is 2. The van der Waals surface area contributed by atoms with Crippen molar-refractivity contribution in [3.8, 4) is 44.8 Å². The molecule has 0 aliphatic rings. The monoisotopic (exact) mass is 573 g/mol. The molecule has 8 aromatic carbocycles. The maximum Gasteiger partial charge on any atom is 0.227 e. The molecule has 0 saturated carbocycles. The highest BCUT2D eigenvalue weighted by Gasteiger charge is 2.12. The van der Waals surface area contributed by atoms with Gasteiger partial charge in [-0.15, -0.1) is 0 Å². The van der Waals surface area contributed by atoms with E-state index in [1.807, 2.05) is 24.3 Å². The molecule has 0 amide bonds. The summed E-state index contributed by atoms with van der Waals surface area (Å²) in [6, 6.07) is 58.3. The standard InChI is InChI=1S/C43H27NO/c1-2-18-37-35(16-1)36-17-3-4-19-38(36)40-27-33(22-23-39(37)40)31-13-8-11-29(25-31)28-10-7-12-30(24-28)32-14-9-15-34(26-32)43-44-41-20-5-6-21-42(41)45-43/h1-27H. The van der Waals surface area contributed by atoms with Crippen molar-refractivity contribution in [3.05, 3.63) is 164 Å². The molecule has 0 unspecified atom stereocenters. The smallest absolute Gasteiger partial charge is 0.227 e. The van der Waals surface area contributed by atoms with E-state index in [4.69, 9.17) is 9.40 Å². The highest BCUT2D eigenvalue weighted by atomic mass is 16.3. The lowest BCUT2D eigenvalue weighted by atomic mass is 9.91. The van der Waals surface area contributed by atoms with Gasteiger partial charge in [0.1, 0.15) is 5.52 Å². The fourth-order valence-electron chi connectivity index (χ4n) is 6.67. The molecule has 0 fully saturated rings. The highest BCUT2D eigenvalue weighted by Crippen LogP contribution is 2.38. The Morgan fingerprint density at radius 1 is 0.311 bits per heavy atom. The first kappa shape index (κ1) is 25.5. The van der Waals surface area contributed by atoms with Crippen LogP contribution in [0.15, 0.2) is 168 Å². The van der Waals surface area contributed by atoms with E-state index in [0.29, 0.717) is 5.89 Å². The first-order chi connectivity index (χ1) is 22.3. The van der Waals surface area contributed by atoms with Crippen LogP contribution in [-0.2, 0) is 0 Å². The second-order valence-corrected chi connectivity index (χ2v) is 11.6. The van der Waals surface area contributed by atoms with Gasteiger partial charge in [0.05, 0.1) is 0 Å². The van der Waals surface area contributed by atoms with Gasteiger partial charge < -0.3 is 4.42 Å². The Morgan fingerprint density at radius 3 is 1.29 bits per heavy atom. The Labute approximate surface area is 260 Å². The number of nitrogens with zero attached hydrogens (tertiary/aromatic N) is 1. The molecule has 0 atom stereocenters.